The third-order valence-corrected chi connectivity index (χ3v) is 6.16. The molecule has 2 N–H and O–H groups in total. The van der Waals surface area contributed by atoms with Gasteiger partial charge in [-0.2, -0.15) is 5.10 Å². The molecule has 11 heteroatoms. The van der Waals surface area contributed by atoms with Crippen molar-refractivity contribution in [1.29, 1.82) is 0 Å². The second kappa shape index (κ2) is 10.7. The summed E-state index contributed by atoms with van der Waals surface area (Å²) in [6.07, 6.45) is 3.09. The molecule has 0 saturated heterocycles. The molecule has 32 heavy (non-hydrogen) atoms. The first kappa shape index (κ1) is 23.2. The second-order valence-corrected chi connectivity index (χ2v) is 8.57. The fourth-order valence-corrected chi connectivity index (χ4v) is 4.07. The van der Waals surface area contributed by atoms with Crippen molar-refractivity contribution >= 4 is 15.9 Å². The van der Waals surface area contributed by atoms with E-state index in [1.54, 1.807) is 11.0 Å². The summed E-state index contributed by atoms with van der Waals surface area (Å²) in [6, 6.07) is 12.0. The summed E-state index contributed by atoms with van der Waals surface area (Å²) < 4.78 is 39.4. The summed E-state index contributed by atoms with van der Waals surface area (Å²) in [5.74, 6) is 0.461. The lowest BCUT2D eigenvalue weighted by molar-refractivity contribution is -0.121. The molecule has 0 saturated carbocycles. The first-order valence-electron chi connectivity index (χ1n) is 9.80. The lowest BCUT2D eigenvalue weighted by atomic mass is 10.1. The molecule has 3 rings (SSSR count). The third-order valence-electron chi connectivity index (χ3n) is 4.70. The van der Waals surface area contributed by atoms with Gasteiger partial charge in [-0.1, -0.05) is 24.3 Å². The van der Waals surface area contributed by atoms with Gasteiger partial charge in [0.1, 0.15) is 12.7 Å². The van der Waals surface area contributed by atoms with Crippen molar-refractivity contribution in [2.45, 2.75) is 24.4 Å². The molecule has 0 spiro atoms. The molecule has 10 nitrogen and oxygen atoms in total. The highest BCUT2D eigenvalue weighted by Crippen LogP contribution is 2.29. The summed E-state index contributed by atoms with van der Waals surface area (Å²) in [5, 5.41) is 6.92. The van der Waals surface area contributed by atoms with Crippen LogP contribution in [-0.4, -0.2) is 49.9 Å². The van der Waals surface area contributed by atoms with Crippen LogP contribution >= 0.6 is 0 Å². The highest BCUT2D eigenvalue weighted by atomic mass is 32.2. The fourth-order valence-electron chi connectivity index (χ4n) is 3.02. The van der Waals surface area contributed by atoms with Crippen LogP contribution < -0.4 is 19.5 Å². The van der Waals surface area contributed by atoms with Gasteiger partial charge in [-0.15, -0.1) is 0 Å². The monoisotopic (exact) mass is 459 g/mol. The van der Waals surface area contributed by atoms with Crippen LogP contribution in [0.2, 0.25) is 0 Å². The molecular weight excluding hydrogens is 434 g/mol. The van der Waals surface area contributed by atoms with E-state index in [-0.39, 0.29) is 23.8 Å². The SMILES string of the molecule is COc1ccc(S(=O)(=O)NCCC(=O)NCc2ccccc2Cn2cncn2)cc1OC. The van der Waals surface area contributed by atoms with Gasteiger partial charge in [0.05, 0.1) is 25.7 Å². The predicted octanol–water partition coefficient (Wildman–Crippen LogP) is 1.33. The minimum absolute atomic E-state index is 0.00222. The lowest BCUT2D eigenvalue weighted by Crippen LogP contribution is -2.30. The van der Waals surface area contributed by atoms with Gasteiger partial charge in [0.15, 0.2) is 11.5 Å². The number of benzene rings is 2. The van der Waals surface area contributed by atoms with E-state index in [2.05, 4.69) is 20.1 Å². The highest BCUT2D eigenvalue weighted by molar-refractivity contribution is 7.89. The lowest BCUT2D eigenvalue weighted by Gasteiger charge is -2.12. The van der Waals surface area contributed by atoms with Gasteiger partial charge in [-0.05, 0) is 23.3 Å². The van der Waals surface area contributed by atoms with Crippen molar-refractivity contribution in [2.24, 2.45) is 0 Å². The summed E-state index contributed by atoms with van der Waals surface area (Å²) in [4.78, 5) is 16.2. The molecule has 0 atom stereocenters. The Morgan fingerprint density at radius 2 is 1.81 bits per heavy atom. The fraction of sp³-hybridized carbons (Fsp3) is 0.286. The molecule has 1 aromatic heterocycles. The zero-order valence-corrected chi connectivity index (χ0v) is 18.6. The molecule has 3 aromatic rings. The minimum atomic E-state index is -3.80. The third kappa shape index (κ3) is 6.05. The van der Waals surface area contributed by atoms with E-state index >= 15 is 0 Å². The molecule has 0 radical (unpaired) electrons. The minimum Gasteiger partial charge on any atom is -0.493 e. The van der Waals surface area contributed by atoms with Gasteiger partial charge in [0.25, 0.3) is 0 Å². The molecular formula is C21H25N5O5S. The number of sulfonamides is 1. The summed E-state index contributed by atoms with van der Waals surface area (Å²) >= 11 is 0. The van der Waals surface area contributed by atoms with Crippen LogP contribution in [0.25, 0.3) is 0 Å². The average Bonchev–Trinajstić information content (AvgIpc) is 3.31. The number of aromatic nitrogens is 3. The molecule has 1 heterocycles. The maximum atomic E-state index is 12.5. The maximum Gasteiger partial charge on any atom is 0.240 e. The van der Waals surface area contributed by atoms with Crippen molar-refractivity contribution in [1.82, 2.24) is 24.8 Å². The zero-order valence-electron chi connectivity index (χ0n) is 17.8. The number of hydrogen-bond donors (Lipinski definition) is 2. The molecule has 0 aliphatic heterocycles. The van der Waals surface area contributed by atoms with Crippen LogP contribution in [0, 0.1) is 0 Å². The Labute approximate surface area is 186 Å². The molecule has 1 amide bonds. The van der Waals surface area contributed by atoms with Crippen LogP contribution in [0.15, 0.2) is 60.0 Å². The Morgan fingerprint density at radius 1 is 1.06 bits per heavy atom. The van der Waals surface area contributed by atoms with E-state index in [1.807, 2.05) is 24.3 Å². The largest absolute Gasteiger partial charge is 0.493 e. The van der Waals surface area contributed by atoms with E-state index in [0.29, 0.717) is 24.6 Å². The zero-order chi connectivity index (χ0) is 23.0. The van der Waals surface area contributed by atoms with Gasteiger partial charge < -0.3 is 14.8 Å². The number of hydrogen-bond acceptors (Lipinski definition) is 7. The Morgan fingerprint density at radius 3 is 2.50 bits per heavy atom. The maximum absolute atomic E-state index is 12.5. The molecule has 0 unspecified atom stereocenters. The number of methoxy groups -OCH3 is 2. The van der Waals surface area contributed by atoms with Crippen LogP contribution in [-0.2, 0) is 27.9 Å². The Balaban J connectivity index is 1.51. The summed E-state index contributed by atoms with van der Waals surface area (Å²) in [5.41, 5.74) is 1.95. The Kier molecular flexibility index (Phi) is 7.79. The number of nitrogens with one attached hydrogen (secondary N) is 2. The van der Waals surface area contributed by atoms with Gasteiger partial charge in [0, 0.05) is 25.6 Å². The van der Waals surface area contributed by atoms with Crippen molar-refractivity contribution in [2.75, 3.05) is 20.8 Å². The van der Waals surface area contributed by atoms with Crippen molar-refractivity contribution in [3.8, 4) is 11.5 Å². The number of amides is 1. The number of nitrogens with zero attached hydrogens (tertiary/aromatic N) is 3. The van der Waals surface area contributed by atoms with Crippen molar-refractivity contribution in [3.63, 3.8) is 0 Å². The Hall–Kier alpha value is -3.44. The average molecular weight is 460 g/mol. The highest BCUT2D eigenvalue weighted by Gasteiger charge is 2.17. The van der Waals surface area contributed by atoms with Crippen LogP contribution in [0.1, 0.15) is 17.5 Å². The second-order valence-electron chi connectivity index (χ2n) is 6.80. The quantitative estimate of drug-likeness (QED) is 0.443. The van der Waals surface area contributed by atoms with E-state index in [9.17, 15) is 13.2 Å². The summed E-state index contributed by atoms with van der Waals surface area (Å²) in [6.45, 7) is 0.826. The normalized spacial score (nSPS) is 11.2. The summed E-state index contributed by atoms with van der Waals surface area (Å²) in [7, 11) is -0.903. The number of carbonyl (C=O) groups is 1. The molecule has 2 aromatic carbocycles. The Bertz CT molecular complexity index is 1150. The van der Waals surface area contributed by atoms with Crippen LogP contribution in [0.3, 0.4) is 0 Å². The molecule has 0 fully saturated rings. The smallest absolute Gasteiger partial charge is 0.240 e. The number of ether oxygens (including phenoxy) is 2. The molecule has 0 aliphatic carbocycles. The van der Waals surface area contributed by atoms with Crippen molar-refractivity contribution in [3.05, 3.63) is 66.2 Å². The van der Waals surface area contributed by atoms with Crippen molar-refractivity contribution < 1.29 is 22.7 Å². The first-order valence-corrected chi connectivity index (χ1v) is 11.3. The van der Waals surface area contributed by atoms with Gasteiger partial charge in [-0.3, -0.25) is 4.79 Å². The van der Waals surface area contributed by atoms with E-state index in [0.717, 1.165) is 11.1 Å². The van der Waals surface area contributed by atoms with Crippen LogP contribution in [0.4, 0.5) is 0 Å². The van der Waals surface area contributed by atoms with Gasteiger partial charge in [0.2, 0.25) is 15.9 Å². The number of carbonyl (C=O) groups excluding carboxylic acids is 1. The van der Waals surface area contributed by atoms with Gasteiger partial charge in [-0.25, -0.2) is 22.8 Å². The van der Waals surface area contributed by atoms with E-state index < -0.39 is 10.0 Å². The van der Waals surface area contributed by atoms with Gasteiger partial charge >= 0.3 is 0 Å². The van der Waals surface area contributed by atoms with Crippen LogP contribution in [0.5, 0.6) is 11.5 Å². The van der Waals surface area contributed by atoms with E-state index in [4.69, 9.17) is 9.47 Å². The first-order chi connectivity index (χ1) is 15.4. The number of rotatable bonds is 11. The molecule has 170 valence electrons. The topological polar surface area (TPSA) is 124 Å². The predicted molar refractivity (Wildman–Crippen MR) is 117 cm³/mol. The van der Waals surface area contributed by atoms with E-state index in [1.165, 1.54) is 38.7 Å². The molecule has 0 bridgehead atoms. The molecule has 0 aliphatic rings. The standard InChI is InChI=1S/C21H25N5O5S/c1-30-19-8-7-18(11-20(19)31-2)32(28,29)25-10-9-21(27)23-12-16-5-3-4-6-17(16)13-26-15-22-14-24-26/h3-8,11,14-15,25H,9-10,12-13H2,1-2H3,(H,23,27).